The van der Waals surface area contributed by atoms with Crippen LogP contribution in [0.15, 0.2) is 54.6 Å². The van der Waals surface area contributed by atoms with E-state index in [1.54, 1.807) is 13.1 Å². The Morgan fingerprint density at radius 1 is 1.14 bits per heavy atom. The summed E-state index contributed by atoms with van der Waals surface area (Å²) in [5.74, 6) is 0.576. The van der Waals surface area contributed by atoms with E-state index in [1.165, 1.54) is 16.2 Å². The van der Waals surface area contributed by atoms with Crippen LogP contribution in [-0.4, -0.2) is 49.7 Å². The number of amides is 1. The Bertz CT molecular complexity index is 982. The molecule has 1 unspecified atom stereocenters. The summed E-state index contributed by atoms with van der Waals surface area (Å²) in [5.41, 5.74) is 0. The summed E-state index contributed by atoms with van der Waals surface area (Å²) < 4.78 is 17.7. The number of ether oxygens (including phenoxy) is 3. The monoisotopic (exact) mass is 397 g/mol. The van der Waals surface area contributed by atoms with Crippen molar-refractivity contribution in [1.82, 2.24) is 4.90 Å². The fourth-order valence-electron chi connectivity index (χ4n) is 2.95. The number of fused-ring (bicyclic) bond motifs is 2. The zero-order valence-electron chi connectivity index (χ0n) is 15.3. The highest BCUT2D eigenvalue weighted by molar-refractivity contribution is 7.20. The Morgan fingerprint density at radius 3 is 2.71 bits per heavy atom. The smallest absolute Gasteiger partial charge is 0.348 e. The molecule has 1 aliphatic rings. The van der Waals surface area contributed by atoms with Crippen LogP contribution in [0.2, 0.25) is 0 Å². The lowest BCUT2D eigenvalue weighted by Gasteiger charge is -2.29. The Labute approximate surface area is 166 Å². The quantitative estimate of drug-likeness (QED) is 0.618. The number of carbonyl (C=O) groups excluding carboxylic acids is 2. The molecule has 28 heavy (non-hydrogen) atoms. The summed E-state index contributed by atoms with van der Waals surface area (Å²) in [6, 6.07) is 16.9. The fourth-order valence-corrected chi connectivity index (χ4v) is 3.91. The predicted molar refractivity (Wildman–Crippen MR) is 106 cm³/mol. The van der Waals surface area contributed by atoms with Gasteiger partial charge >= 0.3 is 5.97 Å². The molecule has 3 aromatic rings. The number of thiophene rings is 1. The molecule has 1 aliphatic heterocycles. The molecule has 0 fully saturated rings. The van der Waals surface area contributed by atoms with Gasteiger partial charge in [0.2, 0.25) is 0 Å². The Balaban J connectivity index is 1.29. The second-order valence-corrected chi connectivity index (χ2v) is 7.58. The van der Waals surface area contributed by atoms with Gasteiger partial charge in [0.1, 0.15) is 11.5 Å². The minimum atomic E-state index is -0.492. The van der Waals surface area contributed by atoms with Gasteiger partial charge in [-0.25, -0.2) is 4.79 Å². The van der Waals surface area contributed by atoms with E-state index in [0.29, 0.717) is 29.5 Å². The van der Waals surface area contributed by atoms with Gasteiger partial charge in [-0.15, -0.1) is 11.3 Å². The number of rotatable bonds is 5. The second-order valence-electron chi connectivity index (χ2n) is 6.50. The number of para-hydroxylation sites is 2. The maximum absolute atomic E-state index is 12.3. The van der Waals surface area contributed by atoms with Crippen molar-refractivity contribution in [3.8, 4) is 11.5 Å². The normalized spacial score (nSPS) is 15.2. The summed E-state index contributed by atoms with van der Waals surface area (Å²) >= 11 is 1.35. The Morgan fingerprint density at radius 2 is 1.89 bits per heavy atom. The van der Waals surface area contributed by atoms with Gasteiger partial charge in [0.05, 0.1) is 6.54 Å². The average molecular weight is 397 g/mol. The maximum Gasteiger partial charge on any atom is 0.348 e. The van der Waals surface area contributed by atoms with Gasteiger partial charge in [-0.3, -0.25) is 4.79 Å². The number of nitrogens with zero attached hydrogens (tertiary/aromatic N) is 1. The van der Waals surface area contributed by atoms with Crippen LogP contribution in [0.5, 0.6) is 11.5 Å². The summed E-state index contributed by atoms with van der Waals surface area (Å²) in [6.07, 6.45) is -0.276. The average Bonchev–Trinajstić information content (AvgIpc) is 3.16. The molecule has 4 rings (SSSR count). The van der Waals surface area contributed by atoms with E-state index in [0.717, 1.165) is 10.1 Å². The summed E-state index contributed by atoms with van der Waals surface area (Å²) in [7, 11) is 1.65. The van der Waals surface area contributed by atoms with Crippen LogP contribution < -0.4 is 9.47 Å². The summed E-state index contributed by atoms with van der Waals surface area (Å²) in [5, 5.41) is 0.984. The van der Waals surface area contributed by atoms with E-state index in [2.05, 4.69) is 0 Å². The first-order valence-corrected chi connectivity index (χ1v) is 9.70. The lowest BCUT2D eigenvalue weighted by molar-refractivity contribution is -0.134. The highest BCUT2D eigenvalue weighted by atomic mass is 32.1. The lowest BCUT2D eigenvalue weighted by Crippen LogP contribution is -2.43. The van der Waals surface area contributed by atoms with Crippen molar-refractivity contribution < 1.29 is 23.8 Å². The van der Waals surface area contributed by atoms with E-state index in [1.807, 2.05) is 48.5 Å². The number of carbonyl (C=O) groups is 2. The van der Waals surface area contributed by atoms with Crippen molar-refractivity contribution in [2.75, 3.05) is 26.8 Å². The number of hydrogen-bond donors (Lipinski definition) is 0. The van der Waals surface area contributed by atoms with Gasteiger partial charge in [-0.2, -0.15) is 0 Å². The van der Waals surface area contributed by atoms with Crippen LogP contribution in [0, 0.1) is 0 Å². The molecule has 1 atom stereocenters. The maximum atomic E-state index is 12.3. The van der Waals surface area contributed by atoms with Crippen molar-refractivity contribution >= 4 is 33.3 Å². The minimum absolute atomic E-state index is 0.276. The van der Waals surface area contributed by atoms with E-state index >= 15 is 0 Å². The molecule has 0 aliphatic carbocycles. The third-order valence-corrected chi connectivity index (χ3v) is 5.52. The highest BCUT2D eigenvalue weighted by Gasteiger charge is 2.24. The van der Waals surface area contributed by atoms with Crippen molar-refractivity contribution in [3.63, 3.8) is 0 Å². The van der Waals surface area contributed by atoms with Crippen LogP contribution in [0.25, 0.3) is 10.1 Å². The van der Waals surface area contributed by atoms with E-state index in [4.69, 9.17) is 14.2 Å². The molecular weight excluding hydrogens is 378 g/mol. The number of esters is 1. The molecule has 1 aromatic heterocycles. The molecule has 0 saturated heterocycles. The molecule has 0 N–H and O–H groups in total. The van der Waals surface area contributed by atoms with E-state index in [-0.39, 0.29) is 18.6 Å². The van der Waals surface area contributed by atoms with Gasteiger partial charge in [-0.1, -0.05) is 30.3 Å². The molecule has 6 nitrogen and oxygen atoms in total. The van der Waals surface area contributed by atoms with E-state index in [9.17, 15) is 9.59 Å². The minimum Gasteiger partial charge on any atom is -0.486 e. The first-order valence-electron chi connectivity index (χ1n) is 8.88. The number of benzene rings is 2. The topological polar surface area (TPSA) is 65.1 Å². The Hall–Kier alpha value is -3.06. The fraction of sp³-hybridized carbons (Fsp3) is 0.238. The second kappa shape index (κ2) is 7.90. The molecule has 2 heterocycles. The lowest BCUT2D eigenvalue weighted by atomic mass is 10.2. The molecule has 0 saturated carbocycles. The van der Waals surface area contributed by atoms with Crippen molar-refractivity contribution in [3.05, 3.63) is 59.5 Å². The van der Waals surface area contributed by atoms with Crippen molar-refractivity contribution in [2.45, 2.75) is 6.10 Å². The standard InChI is InChI=1S/C21H19NO5S/c1-22(11-15-12-25-16-7-3-4-8-17(16)27-15)20(23)13-26-21(24)19-10-14-6-2-5-9-18(14)28-19/h2-10,15H,11-13H2,1H3. The van der Waals surface area contributed by atoms with E-state index < -0.39 is 5.97 Å². The molecule has 0 radical (unpaired) electrons. The number of hydrogen-bond acceptors (Lipinski definition) is 6. The van der Waals surface area contributed by atoms with Crippen LogP contribution >= 0.6 is 11.3 Å². The third-order valence-electron chi connectivity index (χ3n) is 4.42. The predicted octanol–water partition coefficient (Wildman–Crippen LogP) is 3.36. The number of likely N-dealkylation sites (N-methyl/N-ethyl adjacent to an activating group) is 1. The molecular formula is C21H19NO5S. The van der Waals surface area contributed by atoms with Crippen molar-refractivity contribution in [2.24, 2.45) is 0 Å². The van der Waals surface area contributed by atoms with Crippen LogP contribution in [0.1, 0.15) is 9.67 Å². The van der Waals surface area contributed by atoms with Crippen LogP contribution in [0.4, 0.5) is 0 Å². The molecule has 0 spiro atoms. The van der Waals surface area contributed by atoms with Gasteiger partial charge in [-0.05, 0) is 29.7 Å². The zero-order chi connectivity index (χ0) is 19.5. The largest absolute Gasteiger partial charge is 0.486 e. The third kappa shape index (κ3) is 3.94. The van der Waals surface area contributed by atoms with Gasteiger partial charge in [0.25, 0.3) is 5.91 Å². The molecule has 1 amide bonds. The first kappa shape index (κ1) is 18.3. The highest BCUT2D eigenvalue weighted by Crippen LogP contribution is 2.31. The van der Waals surface area contributed by atoms with Crippen molar-refractivity contribution in [1.29, 1.82) is 0 Å². The van der Waals surface area contributed by atoms with Gasteiger partial charge in [0, 0.05) is 11.7 Å². The first-order chi connectivity index (χ1) is 13.6. The molecule has 7 heteroatoms. The summed E-state index contributed by atoms with van der Waals surface area (Å²) in [6.45, 7) is 0.386. The van der Waals surface area contributed by atoms with Gasteiger partial charge in [0.15, 0.2) is 24.2 Å². The van der Waals surface area contributed by atoms with Gasteiger partial charge < -0.3 is 19.1 Å². The molecule has 0 bridgehead atoms. The SMILES string of the molecule is CN(CC1COc2ccccc2O1)C(=O)COC(=O)c1cc2ccccc2s1. The summed E-state index contributed by atoms with van der Waals surface area (Å²) in [4.78, 5) is 26.5. The Kier molecular flexibility index (Phi) is 5.16. The molecule has 2 aromatic carbocycles. The zero-order valence-corrected chi connectivity index (χ0v) is 16.1. The van der Waals surface area contributed by atoms with Crippen LogP contribution in [-0.2, 0) is 9.53 Å². The van der Waals surface area contributed by atoms with Crippen LogP contribution in [0.3, 0.4) is 0 Å². The molecule has 144 valence electrons.